The molecule has 0 unspecified atom stereocenters. The van der Waals surface area contributed by atoms with Crippen molar-refractivity contribution in [1.29, 1.82) is 5.26 Å². The average Bonchev–Trinajstić information content (AvgIpc) is 2.15. The first kappa shape index (κ1) is 8.40. The third kappa shape index (κ3) is 2.16. The maximum Gasteiger partial charge on any atom is 0.145 e. The van der Waals surface area contributed by atoms with Gasteiger partial charge in [0.15, 0.2) is 0 Å². The predicted octanol–water partition coefficient (Wildman–Crippen LogP) is 0.730. The number of hydrogen-bond donors (Lipinski definition) is 1. The maximum absolute atomic E-state index is 11.7. The van der Waals surface area contributed by atoms with Crippen LogP contribution < -0.4 is 5.32 Å². The average molecular weight is 166 g/mol. The molecule has 0 saturated carbocycles. The Morgan fingerprint density at radius 2 is 2.42 bits per heavy atom. The Hall–Kier alpha value is -1.70. The van der Waals surface area contributed by atoms with Gasteiger partial charge in [-0.3, -0.25) is 0 Å². The molecule has 0 aliphatic heterocycles. The first-order valence-corrected chi connectivity index (χ1v) is 3.39. The first-order chi connectivity index (χ1) is 5.86. The van der Waals surface area contributed by atoms with E-state index < -0.39 is 6.67 Å². The molecule has 0 spiro atoms. The minimum absolute atomic E-state index is 0.196. The largest absolute Gasteiger partial charge is 0.367 e. The van der Waals surface area contributed by atoms with Gasteiger partial charge in [-0.25, -0.2) is 14.4 Å². The number of anilines is 1. The summed E-state index contributed by atoms with van der Waals surface area (Å²) in [7, 11) is 0. The lowest BCUT2D eigenvalue weighted by Gasteiger charge is -2.00. The van der Waals surface area contributed by atoms with Gasteiger partial charge in [-0.1, -0.05) is 0 Å². The Morgan fingerprint density at radius 3 is 3.08 bits per heavy atom. The van der Waals surface area contributed by atoms with Gasteiger partial charge in [-0.05, 0) is 0 Å². The topological polar surface area (TPSA) is 61.6 Å². The third-order valence-electron chi connectivity index (χ3n) is 1.18. The van der Waals surface area contributed by atoms with Crippen LogP contribution in [-0.2, 0) is 0 Å². The number of alkyl halides is 1. The molecule has 0 saturated heterocycles. The predicted molar refractivity (Wildman–Crippen MR) is 41.2 cm³/mol. The molecule has 1 heterocycles. The molecule has 5 heteroatoms. The summed E-state index contributed by atoms with van der Waals surface area (Å²) in [5, 5.41) is 11.1. The molecule has 4 nitrogen and oxygen atoms in total. The Morgan fingerprint density at radius 1 is 1.58 bits per heavy atom. The normalized spacial score (nSPS) is 9.00. The summed E-state index contributed by atoms with van der Waals surface area (Å²) in [6, 6.07) is 3.33. The van der Waals surface area contributed by atoms with Crippen LogP contribution >= 0.6 is 0 Å². The smallest absolute Gasteiger partial charge is 0.145 e. The molecule has 0 fully saturated rings. The van der Waals surface area contributed by atoms with E-state index in [1.807, 2.05) is 6.07 Å². The Bertz CT molecular complexity index is 294. The maximum atomic E-state index is 11.7. The summed E-state index contributed by atoms with van der Waals surface area (Å²) in [5.74, 6) is 0.471. The molecule has 62 valence electrons. The van der Waals surface area contributed by atoms with E-state index in [0.29, 0.717) is 5.82 Å². The van der Waals surface area contributed by atoms with Gasteiger partial charge in [-0.15, -0.1) is 0 Å². The van der Waals surface area contributed by atoms with E-state index >= 15 is 0 Å². The molecule has 0 aliphatic carbocycles. The highest BCUT2D eigenvalue weighted by atomic mass is 19.1. The van der Waals surface area contributed by atoms with Crippen molar-refractivity contribution >= 4 is 5.82 Å². The van der Waals surface area contributed by atoms with Crippen molar-refractivity contribution in [3.05, 3.63) is 18.1 Å². The van der Waals surface area contributed by atoms with E-state index in [9.17, 15) is 4.39 Å². The summed E-state index contributed by atoms with van der Waals surface area (Å²) < 4.78 is 11.7. The van der Waals surface area contributed by atoms with Crippen molar-refractivity contribution in [2.24, 2.45) is 0 Å². The van der Waals surface area contributed by atoms with Crippen LogP contribution in [0.4, 0.5) is 10.2 Å². The minimum Gasteiger partial charge on any atom is -0.367 e. The Labute approximate surface area is 69.1 Å². The summed E-state index contributed by atoms with van der Waals surface area (Å²) in [6.07, 6.45) is 1.26. The summed E-state index contributed by atoms with van der Waals surface area (Å²) in [4.78, 5) is 7.44. The molecule has 0 radical (unpaired) electrons. The van der Waals surface area contributed by atoms with E-state index in [-0.39, 0.29) is 12.2 Å². The summed E-state index contributed by atoms with van der Waals surface area (Å²) in [5.41, 5.74) is 0.270. The van der Waals surface area contributed by atoms with E-state index in [1.54, 1.807) is 0 Å². The number of halogens is 1. The van der Waals surface area contributed by atoms with Crippen molar-refractivity contribution in [3.8, 4) is 6.07 Å². The molecule has 0 atom stereocenters. The zero-order valence-electron chi connectivity index (χ0n) is 6.29. The number of aromatic nitrogens is 2. The Balaban J connectivity index is 2.68. The van der Waals surface area contributed by atoms with Gasteiger partial charge < -0.3 is 5.32 Å². The minimum atomic E-state index is -0.466. The summed E-state index contributed by atoms with van der Waals surface area (Å²) in [6.45, 7) is -0.270. The van der Waals surface area contributed by atoms with Crippen molar-refractivity contribution < 1.29 is 4.39 Å². The van der Waals surface area contributed by atoms with Gasteiger partial charge in [-0.2, -0.15) is 5.26 Å². The molecule has 1 aromatic heterocycles. The van der Waals surface area contributed by atoms with Crippen LogP contribution in [0.1, 0.15) is 5.69 Å². The molecule has 1 aromatic rings. The van der Waals surface area contributed by atoms with Crippen LogP contribution in [0.2, 0.25) is 0 Å². The van der Waals surface area contributed by atoms with Gasteiger partial charge in [0, 0.05) is 12.6 Å². The number of nitrogens with one attached hydrogen (secondary N) is 1. The number of nitriles is 1. The highest BCUT2D eigenvalue weighted by Crippen LogP contribution is 2.01. The molecule has 0 amide bonds. The van der Waals surface area contributed by atoms with Crippen LogP contribution in [-0.4, -0.2) is 23.2 Å². The second-order valence-electron chi connectivity index (χ2n) is 2.02. The van der Waals surface area contributed by atoms with Crippen molar-refractivity contribution in [2.75, 3.05) is 18.5 Å². The molecule has 0 aliphatic rings. The fraction of sp³-hybridized carbons (Fsp3) is 0.286. The molecule has 12 heavy (non-hydrogen) atoms. The SMILES string of the molecule is N#Cc1cc(NCCF)ncn1. The fourth-order valence-electron chi connectivity index (χ4n) is 0.690. The van der Waals surface area contributed by atoms with Gasteiger partial charge in [0.05, 0.1) is 0 Å². The molecule has 0 bridgehead atoms. The van der Waals surface area contributed by atoms with Crippen LogP contribution in [0, 0.1) is 11.3 Å². The van der Waals surface area contributed by atoms with E-state index in [2.05, 4.69) is 15.3 Å². The van der Waals surface area contributed by atoms with Gasteiger partial charge in [0.25, 0.3) is 0 Å². The van der Waals surface area contributed by atoms with E-state index in [1.165, 1.54) is 12.4 Å². The molecule has 1 rings (SSSR count). The van der Waals surface area contributed by atoms with Gasteiger partial charge in [0.1, 0.15) is 30.6 Å². The Kier molecular flexibility index (Phi) is 2.96. The zero-order chi connectivity index (χ0) is 8.81. The van der Waals surface area contributed by atoms with Crippen LogP contribution in [0.15, 0.2) is 12.4 Å². The van der Waals surface area contributed by atoms with E-state index in [4.69, 9.17) is 5.26 Å². The van der Waals surface area contributed by atoms with Crippen LogP contribution in [0.3, 0.4) is 0 Å². The van der Waals surface area contributed by atoms with Crippen molar-refractivity contribution in [1.82, 2.24) is 9.97 Å². The standard InChI is InChI=1S/C7H7FN4/c8-1-2-10-7-3-6(4-9)11-5-12-7/h3,5H,1-2H2,(H,10,11,12). The molecule has 1 N–H and O–H groups in total. The fourth-order valence-corrected chi connectivity index (χ4v) is 0.690. The highest BCUT2D eigenvalue weighted by Gasteiger charge is 1.95. The monoisotopic (exact) mass is 166 g/mol. The van der Waals surface area contributed by atoms with Crippen molar-refractivity contribution in [3.63, 3.8) is 0 Å². The van der Waals surface area contributed by atoms with Crippen LogP contribution in [0.25, 0.3) is 0 Å². The van der Waals surface area contributed by atoms with Gasteiger partial charge >= 0.3 is 0 Å². The molecular weight excluding hydrogens is 159 g/mol. The third-order valence-corrected chi connectivity index (χ3v) is 1.18. The number of hydrogen-bond acceptors (Lipinski definition) is 4. The quantitative estimate of drug-likeness (QED) is 0.719. The number of rotatable bonds is 3. The number of nitrogens with zero attached hydrogens (tertiary/aromatic N) is 3. The second kappa shape index (κ2) is 4.23. The summed E-state index contributed by atoms with van der Waals surface area (Å²) >= 11 is 0. The first-order valence-electron chi connectivity index (χ1n) is 3.39. The lowest BCUT2D eigenvalue weighted by Crippen LogP contribution is -2.05. The lowest BCUT2D eigenvalue weighted by atomic mass is 10.4. The van der Waals surface area contributed by atoms with Crippen LogP contribution in [0.5, 0.6) is 0 Å². The highest BCUT2D eigenvalue weighted by molar-refractivity contribution is 5.38. The molecular formula is C7H7FN4. The second-order valence-corrected chi connectivity index (χ2v) is 2.02. The van der Waals surface area contributed by atoms with Gasteiger partial charge in [0.2, 0.25) is 0 Å². The molecule has 0 aromatic carbocycles. The lowest BCUT2D eigenvalue weighted by molar-refractivity contribution is 0.512. The zero-order valence-corrected chi connectivity index (χ0v) is 6.29. The van der Waals surface area contributed by atoms with E-state index in [0.717, 1.165) is 0 Å². The van der Waals surface area contributed by atoms with Crippen molar-refractivity contribution in [2.45, 2.75) is 0 Å².